The number of thiophene rings is 1. The molecule has 0 aliphatic heterocycles. The average molecular weight is 373 g/mol. The molecule has 2 rings (SSSR count). The lowest BCUT2D eigenvalue weighted by Gasteiger charge is -2.31. The second-order valence-electron chi connectivity index (χ2n) is 5.54. The van der Waals surface area contributed by atoms with Gasteiger partial charge in [0.1, 0.15) is 0 Å². The van der Waals surface area contributed by atoms with E-state index in [1.165, 1.54) is 35.6 Å². The lowest BCUT2D eigenvalue weighted by atomic mass is 9.96. The van der Waals surface area contributed by atoms with Gasteiger partial charge < -0.3 is 14.6 Å². The van der Waals surface area contributed by atoms with E-state index in [1.807, 2.05) is 5.38 Å². The molecule has 0 bridgehead atoms. The Morgan fingerprint density at radius 3 is 2.72 bits per heavy atom. The molecule has 136 valence electrons. The molecule has 0 saturated carbocycles. The molecule has 1 atom stereocenters. The lowest BCUT2D eigenvalue weighted by molar-refractivity contribution is -0.272. The van der Waals surface area contributed by atoms with Gasteiger partial charge in [0.2, 0.25) is 11.5 Å². The Kier molecular flexibility index (Phi) is 5.69. The van der Waals surface area contributed by atoms with Crippen molar-refractivity contribution in [1.82, 2.24) is 14.5 Å². The predicted molar refractivity (Wildman–Crippen MR) is 87.7 cm³/mol. The Hall–Kier alpha value is -2.13. The second-order valence-corrected chi connectivity index (χ2v) is 6.57. The molecular formula is C16H18F3N3O2S. The summed E-state index contributed by atoms with van der Waals surface area (Å²) in [5.41, 5.74) is -3.36. The average Bonchev–Trinajstić information content (AvgIpc) is 3.17. The standard InChI is InChI=1S/C16H18F3N3O2S/c1-3-7-22(11-12-5-4-9-25-12)13(23)10-15(24,16(17,18)19)14-20-6-8-21(14)2/h3-6,8-9,24H,1,7,10-11H2,2H3. The van der Waals surface area contributed by atoms with Gasteiger partial charge in [0.25, 0.3) is 0 Å². The highest BCUT2D eigenvalue weighted by Crippen LogP contribution is 2.41. The zero-order chi connectivity index (χ0) is 18.7. The number of nitrogens with zero attached hydrogens (tertiary/aromatic N) is 3. The van der Waals surface area contributed by atoms with Gasteiger partial charge in [-0.3, -0.25) is 4.79 Å². The van der Waals surface area contributed by atoms with E-state index in [1.54, 1.807) is 12.1 Å². The number of carbonyl (C=O) groups excluding carboxylic acids is 1. The number of aromatic nitrogens is 2. The maximum Gasteiger partial charge on any atom is 0.425 e. The van der Waals surface area contributed by atoms with Crippen molar-refractivity contribution in [2.75, 3.05) is 6.54 Å². The van der Waals surface area contributed by atoms with Crippen LogP contribution in [0.15, 0.2) is 42.6 Å². The highest BCUT2D eigenvalue weighted by molar-refractivity contribution is 7.09. The van der Waals surface area contributed by atoms with Gasteiger partial charge in [0.15, 0.2) is 5.82 Å². The second kappa shape index (κ2) is 7.40. The summed E-state index contributed by atoms with van der Waals surface area (Å²) in [6.45, 7) is 3.75. The van der Waals surface area contributed by atoms with Gasteiger partial charge in [-0.1, -0.05) is 12.1 Å². The predicted octanol–water partition coefficient (Wildman–Crippen LogP) is 2.84. The van der Waals surface area contributed by atoms with E-state index in [0.29, 0.717) is 0 Å². The molecule has 2 aromatic heterocycles. The van der Waals surface area contributed by atoms with E-state index in [2.05, 4.69) is 11.6 Å². The van der Waals surface area contributed by atoms with E-state index in [9.17, 15) is 23.1 Å². The molecule has 0 saturated heterocycles. The van der Waals surface area contributed by atoms with Crippen LogP contribution in [0.1, 0.15) is 17.1 Å². The van der Waals surface area contributed by atoms with Crippen LogP contribution < -0.4 is 0 Å². The van der Waals surface area contributed by atoms with Gasteiger partial charge in [-0.15, -0.1) is 17.9 Å². The maximum atomic E-state index is 13.5. The molecule has 5 nitrogen and oxygen atoms in total. The van der Waals surface area contributed by atoms with Crippen LogP contribution in [-0.4, -0.2) is 38.2 Å². The number of amides is 1. The number of aryl methyl sites for hydroxylation is 1. The molecule has 25 heavy (non-hydrogen) atoms. The van der Waals surface area contributed by atoms with E-state index in [0.717, 1.165) is 15.6 Å². The normalized spacial score (nSPS) is 14.1. The molecule has 2 aromatic rings. The van der Waals surface area contributed by atoms with Crippen LogP contribution in [0.5, 0.6) is 0 Å². The monoisotopic (exact) mass is 373 g/mol. The maximum absolute atomic E-state index is 13.5. The van der Waals surface area contributed by atoms with Gasteiger partial charge in [-0.2, -0.15) is 13.2 Å². The quantitative estimate of drug-likeness (QED) is 0.760. The molecule has 0 aliphatic carbocycles. The van der Waals surface area contributed by atoms with Crippen LogP contribution in [0.2, 0.25) is 0 Å². The zero-order valence-electron chi connectivity index (χ0n) is 13.5. The first-order chi connectivity index (χ1) is 11.7. The molecule has 1 amide bonds. The molecule has 0 spiro atoms. The Morgan fingerprint density at radius 2 is 2.24 bits per heavy atom. The number of aliphatic hydroxyl groups is 1. The molecule has 0 aromatic carbocycles. The molecule has 0 radical (unpaired) electrons. The molecule has 1 N–H and O–H groups in total. The highest BCUT2D eigenvalue weighted by Gasteiger charge is 2.59. The van der Waals surface area contributed by atoms with Crippen molar-refractivity contribution in [3.05, 3.63) is 53.3 Å². The van der Waals surface area contributed by atoms with Gasteiger partial charge in [-0.25, -0.2) is 4.98 Å². The van der Waals surface area contributed by atoms with Gasteiger partial charge >= 0.3 is 6.18 Å². The largest absolute Gasteiger partial charge is 0.425 e. The fraction of sp³-hybridized carbons (Fsp3) is 0.375. The van der Waals surface area contributed by atoms with Crippen molar-refractivity contribution in [3.63, 3.8) is 0 Å². The van der Waals surface area contributed by atoms with E-state index in [4.69, 9.17) is 0 Å². The SMILES string of the molecule is C=CCN(Cc1cccs1)C(=O)CC(O)(c1nccn1C)C(F)(F)F. The van der Waals surface area contributed by atoms with Crippen molar-refractivity contribution in [3.8, 4) is 0 Å². The topological polar surface area (TPSA) is 58.4 Å². The summed E-state index contributed by atoms with van der Waals surface area (Å²) in [7, 11) is 1.33. The fourth-order valence-corrected chi connectivity index (χ4v) is 3.12. The van der Waals surface area contributed by atoms with Crippen molar-refractivity contribution < 1.29 is 23.1 Å². The molecule has 2 heterocycles. The molecular weight excluding hydrogens is 355 g/mol. The fourth-order valence-electron chi connectivity index (χ4n) is 2.40. The summed E-state index contributed by atoms with van der Waals surface area (Å²) >= 11 is 1.39. The minimum absolute atomic E-state index is 0.0746. The summed E-state index contributed by atoms with van der Waals surface area (Å²) in [4.78, 5) is 18.1. The zero-order valence-corrected chi connectivity index (χ0v) is 14.3. The highest BCUT2D eigenvalue weighted by atomic mass is 32.1. The first kappa shape index (κ1) is 19.2. The van der Waals surface area contributed by atoms with Crippen LogP contribution >= 0.6 is 11.3 Å². The third kappa shape index (κ3) is 4.10. The number of hydrogen-bond donors (Lipinski definition) is 1. The van der Waals surface area contributed by atoms with E-state index >= 15 is 0 Å². The Balaban J connectivity index is 2.29. The number of hydrogen-bond acceptors (Lipinski definition) is 4. The number of rotatable bonds is 7. The number of imidazole rings is 1. The molecule has 9 heteroatoms. The first-order valence-corrected chi connectivity index (χ1v) is 8.25. The molecule has 1 unspecified atom stereocenters. The Labute approximate surface area is 147 Å². The van der Waals surface area contributed by atoms with Crippen molar-refractivity contribution in [2.45, 2.75) is 24.7 Å². The number of alkyl halides is 3. The molecule has 0 fully saturated rings. The first-order valence-electron chi connectivity index (χ1n) is 7.37. The van der Waals surface area contributed by atoms with Gasteiger partial charge in [-0.05, 0) is 11.4 Å². The van der Waals surface area contributed by atoms with Crippen LogP contribution in [0.4, 0.5) is 13.2 Å². The summed E-state index contributed by atoms with van der Waals surface area (Å²) in [5.74, 6) is -1.46. The van der Waals surface area contributed by atoms with E-state index in [-0.39, 0.29) is 13.1 Å². The van der Waals surface area contributed by atoms with E-state index < -0.39 is 29.9 Å². The van der Waals surface area contributed by atoms with Crippen molar-refractivity contribution in [1.29, 1.82) is 0 Å². The van der Waals surface area contributed by atoms with Crippen LogP contribution in [-0.2, 0) is 24.0 Å². The third-order valence-electron chi connectivity index (χ3n) is 3.70. The Morgan fingerprint density at radius 1 is 1.52 bits per heavy atom. The minimum atomic E-state index is -5.05. The van der Waals surface area contributed by atoms with Gasteiger partial charge in [0.05, 0.1) is 13.0 Å². The summed E-state index contributed by atoms with van der Waals surface area (Å²) in [6, 6.07) is 3.57. The van der Waals surface area contributed by atoms with Crippen molar-refractivity contribution >= 4 is 17.2 Å². The smallest absolute Gasteiger partial charge is 0.374 e. The summed E-state index contributed by atoms with van der Waals surface area (Å²) in [6.07, 6.45) is -2.35. The van der Waals surface area contributed by atoms with Gasteiger partial charge in [0, 0.05) is 30.9 Å². The third-order valence-corrected chi connectivity index (χ3v) is 4.56. The number of carbonyl (C=O) groups is 1. The van der Waals surface area contributed by atoms with Crippen LogP contribution in [0.3, 0.4) is 0 Å². The lowest BCUT2D eigenvalue weighted by Crippen LogP contribution is -2.48. The van der Waals surface area contributed by atoms with Crippen LogP contribution in [0.25, 0.3) is 0 Å². The summed E-state index contributed by atoms with van der Waals surface area (Å²) < 4.78 is 41.7. The van der Waals surface area contributed by atoms with Crippen molar-refractivity contribution in [2.24, 2.45) is 7.05 Å². The molecule has 0 aliphatic rings. The number of halogens is 3. The summed E-state index contributed by atoms with van der Waals surface area (Å²) in [5, 5.41) is 12.1. The Bertz CT molecular complexity index is 727. The minimum Gasteiger partial charge on any atom is -0.374 e. The van der Waals surface area contributed by atoms with Crippen LogP contribution in [0, 0.1) is 0 Å².